The summed E-state index contributed by atoms with van der Waals surface area (Å²) in [6.07, 6.45) is 2.82. The van der Waals surface area contributed by atoms with Crippen molar-refractivity contribution in [1.82, 2.24) is 4.98 Å². The number of aryl methyl sites for hydroxylation is 1. The number of nitrogens with one attached hydrogen (secondary N) is 1. The number of halogens is 1. The van der Waals surface area contributed by atoms with Gasteiger partial charge in [-0.05, 0) is 60.7 Å². The molecule has 1 aromatic heterocycles. The summed E-state index contributed by atoms with van der Waals surface area (Å²) >= 11 is 0. The van der Waals surface area contributed by atoms with Gasteiger partial charge in [0.15, 0.2) is 0 Å². The molecule has 0 aliphatic rings. The van der Waals surface area contributed by atoms with Crippen molar-refractivity contribution in [3.05, 3.63) is 84.2 Å². The fourth-order valence-electron chi connectivity index (χ4n) is 3.73. The quantitative estimate of drug-likeness (QED) is 0.413. The average Bonchev–Trinajstić information content (AvgIpc) is 3.06. The molecule has 3 heteroatoms. The fraction of sp³-hybridized carbons (Fsp3) is 0.167. The van der Waals surface area contributed by atoms with E-state index in [0.717, 1.165) is 41.4 Å². The van der Waals surface area contributed by atoms with Crippen LogP contribution < -0.4 is 5.73 Å². The first-order chi connectivity index (χ1) is 13.3. The molecular weight excluding hydrogens is 335 g/mol. The predicted molar refractivity (Wildman–Crippen MR) is 111 cm³/mol. The largest absolute Gasteiger partial charge is 0.354 e. The molecule has 0 amide bonds. The molecule has 0 atom stereocenters. The Hall–Kier alpha value is -2.91. The lowest BCUT2D eigenvalue weighted by Gasteiger charge is -2.11. The molecule has 27 heavy (non-hydrogen) atoms. The highest BCUT2D eigenvalue weighted by Gasteiger charge is 2.16. The van der Waals surface area contributed by atoms with E-state index in [2.05, 4.69) is 53.5 Å². The van der Waals surface area contributed by atoms with Gasteiger partial charge in [-0.25, -0.2) is 4.39 Å². The minimum atomic E-state index is -0.204. The van der Waals surface area contributed by atoms with Crippen molar-refractivity contribution in [2.75, 3.05) is 6.54 Å². The summed E-state index contributed by atoms with van der Waals surface area (Å²) < 4.78 is 13.9. The smallest absolute Gasteiger partial charge is 0.123 e. The Kier molecular flexibility index (Phi) is 5.03. The van der Waals surface area contributed by atoms with Gasteiger partial charge in [-0.1, -0.05) is 54.6 Å². The lowest BCUT2D eigenvalue weighted by Crippen LogP contribution is -1.99. The van der Waals surface area contributed by atoms with Gasteiger partial charge in [0.25, 0.3) is 0 Å². The number of rotatable bonds is 6. The summed E-state index contributed by atoms with van der Waals surface area (Å²) in [5, 5.41) is 0.963. The Morgan fingerprint density at radius 3 is 2.33 bits per heavy atom. The predicted octanol–water partition coefficient (Wildman–Crippen LogP) is 5.92. The van der Waals surface area contributed by atoms with Gasteiger partial charge in [-0.3, -0.25) is 0 Å². The molecule has 1 heterocycles. The number of fused-ring (bicyclic) bond motifs is 1. The molecule has 0 radical (unpaired) electrons. The second-order valence-electron chi connectivity index (χ2n) is 6.83. The zero-order chi connectivity index (χ0) is 18.6. The normalized spacial score (nSPS) is 11.2. The first-order valence-electron chi connectivity index (χ1n) is 9.43. The summed E-state index contributed by atoms with van der Waals surface area (Å²) in [5.41, 5.74) is 12.4. The average molecular weight is 358 g/mol. The summed E-state index contributed by atoms with van der Waals surface area (Å²) in [6, 6.07) is 23.7. The minimum Gasteiger partial charge on any atom is -0.354 e. The maximum Gasteiger partial charge on any atom is 0.123 e. The van der Waals surface area contributed by atoms with Gasteiger partial charge in [-0.15, -0.1) is 0 Å². The van der Waals surface area contributed by atoms with Gasteiger partial charge in [0.2, 0.25) is 0 Å². The van der Waals surface area contributed by atoms with Crippen molar-refractivity contribution >= 4 is 10.9 Å². The number of hydrogen-bond acceptors (Lipinski definition) is 1. The van der Waals surface area contributed by atoms with E-state index in [9.17, 15) is 4.39 Å². The molecule has 4 rings (SSSR count). The van der Waals surface area contributed by atoms with Crippen LogP contribution in [0.15, 0.2) is 72.8 Å². The third-order valence-electron chi connectivity index (χ3n) is 5.03. The highest BCUT2D eigenvalue weighted by molar-refractivity contribution is 5.94. The summed E-state index contributed by atoms with van der Waals surface area (Å²) in [6.45, 7) is 0.673. The first kappa shape index (κ1) is 17.5. The van der Waals surface area contributed by atoms with E-state index in [1.165, 1.54) is 22.8 Å². The van der Waals surface area contributed by atoms with E-state index in [1.54, 1.807) is 6.07 Å². The highest BCUT2D eigenvalue weighted by atomic mass is 19.1. The van der Waals surface area contributed by atoms with Crippen molar-refractivity contribution < 1.29 is 4.39 Å². The van der Waals surface area contributed by atoms with E-state index in [4.69, 9.17) is 5.73 Å². The van der Waals surface area contributed by atoms with E-state index >= 15 is 0 Å². The molecule has 0 fully saturated rings. The van der Waals surface area contributed by atoms with E-state index in [1.807, 2.05) is 12.1 Å². The Morgan fingerprint density at radius 2 is 1.56 bits per heavy atom. The van der Waals surface area contributed by atoms with Gasteiger partial charge in [0.05, 0.1) is 5.69 Å². The van der Waals surface area contributed by atoms with Crippen LogP contribution in [0.3, 0.4) is 0 Å². The summed E-state index contributed by atoms with van der Waals surface area (Å²) in [4.78, 5) is 3.55. The third-order valence-corrected chi connectivity index (χ3v) is 5.03. The summed E-state index contributed by atoms with van der Waals surface area (Å²) in [5.74, 6) is -0.204. The molecule has 2 nitrogen and oxygen atoms in total. The second kappa shape index (κ2) is 7.77. The number of hydrogen-bond donors (Lipinski definition) is 2. The van der Waals surface area contributed by atoms with Crippen LogP contribution in [0.5, 0.6) is 0 Å². The standard InChI is InChI=1S/C24H23FN2/c25-18-13-14-23-22(16-18)21(12-6-7-15-26)24(27-23)20-11-5-4-10-19(20)17-8-2-1-3-9-17/h1-5,8-11,13-14,16,27H,6-7,12,15,26H2. The Balaban J connectivity index is 1.90. The zero-order valence-corrected chi connectivity index (χ0v) is 15.2. The zero-order valence-electron chi connectivity index (χ0n) is 15.2. The lowest BCUT2D eigenvalue weighted by molar-refractivity contribution is 0.629. The lowest BCUT2D eigenvalue weighted by atomic mass is 9.94. The van der Waals surface area contributed by atoms with E-state index in [-0.39, 0.29) is 5.82 Å². The Bertz CT molecular complexity index is 1050. The van der Waals surface area contributed by atoms with Crippen molar-refractivity contribution in [3.8, 4) is 22.4 Å². The van der Waals surface area contributed by atoms with E-state index < -0.39 is 0 Å². The van der Waals surface area contributed by atoms with E-state index in [0.29, 0.717) is 6.54 Å². The van der Waals surface area contributed by atoms with Gasteiger partial charge in [0.1, 0.15) is 5.82 Å². The molecule has 0 unspecified atom stereocenters. The fourth-order valence-corrected chi connectivity index (χ4v) is 3.73. The first-order valence-corrected chi connectivity index (χ1v) is 9.43. The van der Waals surface area contributed by atoms with Crippen molar-refractivity contribution in [3.63, 3.8) is 0 Å². The minimum absolute atomic E-state index is 0.204. The molecule has 0 saturated carbocycles. The number of H-pyrrole nitrogens is 1. The van der Waals surface area contributed by atoms with Crippen molar-refractivity contribution in [2.45, 2.75) is 19.3 Å². The van der Waals surface area contributed by atoms with Gasteiger partial charge >= 0.3 is 0 Å². The molecular formula is C24H23FN2. The van der Waals surface area contributed by atoms with Crippen molar-refractivity contribution in [2.24, 2.45) is 5.73 Å². The highest BCUT2D eigenvalue weighted by Crippen LogP contribution is 2.37. The van der Waals surface area contributed by atoms with Gasteiger partial charge < -0.3 is 10.7 Å². The monoisotopic (exact) mass is 358 g/mol. The molecule has 3 N–H and O–H groups in total. The molecule has 0 spiro atoms. The third kappa shape index (κ3) is 3.51. The molecule has 0 bridgehead atoms. The Morgan fingerprint density at radius 1 is 0.815 bits per heavy atom. The van der Waals surface area contributed by atoms with Crippen LogP contribution in [-0.4, -0.2) is 11.5 Å². The summed E-state index contributed by atoms with van der Waals surface area (Å²) in [7, 11) is 0. The Labute approximate surface area is 158 Å². The number of aromatic nitrogens is 1. The number of aromatic amines is 1. The second-order valence-corrected chi connectivity index (χ2v) is 6.83. The molecule has 0 aliphatic carbocycles. The van der Waals surface area contributed by atoms with Crippen LogP contribution in [-0.2, 0) is 6.42 Å². The van der Waals surface area contributed by atoms with Gasteiger partial charge in [0, 0.05) is 16.5 Å². The number of nitrogens with two attached hydrogens (primary N) is 1. The van der Waals surface area contributed by atoms with Crippen LogP contribution >= 0.6 is 0 Å². The molecule has 3 aromatic carbocycles. The maximum atomic E-state index is 13.9. The number of benzene rings is 3. The SMILES string of the molecule is NCCCCc1c(-c2ccccc2-c2ccccc2)[nH]c2ccc(F)cc12. The maximum absolute atomic E-state index is 13.9. The molecule has 0 saturated heterocycles. The van der Waals surface area contributed by atoms with Crippen LogP contribution in [0, 0.1) is 5.82 Å². The molecule has 4 aromatic rings. The van der Waals surface area contributed by atoms with Crippen LogP contribution in [0.1, 0.15) is 18.4 Å². The number of unbranched alkanes of at least 4 members (excludes halogenated alkanes) is 1. The van der Waals surface area contributed by atoms with Crippen LogP contribution in [0.2, 0.25) is 0 Å². The van der Waals surface area contributed by atoms with Crippen LogP contribution in [0.4, 0.5) is 4.39 Å². The molecule has 0 aliphatic heterocycles. The molecule has 136 valence electrons. The van der Waals surface area contributed by atoms with Crippen LogP contribution in [0.25, 0.3) is 33.3 Å². The van der Waals surface area contributed by atoms with Crippen molar-refractivity contribution in [1.29, 1.82) is 0 Å². The van der Waals surface area contributed by atoms with Gasteiger partial charge in [-0.2, -0.15) is 0 Å². The topological polar surface area (TPSA) is 41.8 Å².